The van der Waals surface area contributed by atoms with Crippen molar-refractivity contribution in [3.63, 3.8) is 0 Å². The highest BCUT2D eigenvalue weighted by Crippen LogP contribution is 2.18. The monoisotopic (exact) mass is 412 g/mol. The Morgan fingerprint density at radius 3 is 2.37 bits per heavy atom. The van der Waals surface area contributed by atoms with Gasteiger partial charge in [-0.3, -0.25) is 4.79 Å². The van der Waals surface area contributed by atoms with Gasteiger partial charge in [0.25, 0.3) is 0 Å². The van der Waals surface area contributed by atoms with Gasteiger partial charge in [0.05, 0.1) is 20.3 Å². The molecule has 0 bridgehead atoms. The second-order valence-electron chi connectivity index (χ2n) is 6.83. The summed E-state index contributed by atoms with van der Waals surface area (Å²) in [5.41, 5.74) is 0.514. The summed E-state index contributed by atoms with van der Waals surface area (Å²) in [6.07, 6.45) is 0.139. The minimum absolute atomic E-state index is 0.0169. The number of ether oxygens (including phenoxy) is 4. The molecule has 0 aliphatic rings. The summed E-state index contributed by atoms with van der Waals surface area (Å²) in [6, 6.07) is 17.3. The van der Waals surface area contributed by atoms with Crippen LogP contribution >= 0.6 is 0 Å². The van der Waals surface area contributed by atoms with Crippen LogP contribution in [0, 0.1) is 11.8 Å². The maximum atomic E-state index is 10.6. The Balaban J connectivity index is 1.83. The van der Waals surface area contributed by atoms with Crippen LogP contribution in [0.3, 0.4) is 0 Å². The average Bonchev–Trinajstić information content (AvgIpc) is 2.77. The van der Waals surface area contributed by atoms with E-state index in [4.69, 9.17) is 18.9 Å². The number of methoxy groups -OCH3 is 1. The molecule has 2 aromatic rings. The first-order valence-electron chi connectivity index (χ1n) is 9.68. The van der Waals surface area contributed by atoms with E-state index in [0.717, 1.165) is 16.9 Å². The lowest BCUT2D eigenvalue weighted by molar-refractivity contribution is -0.149. The van der Waals surface area contributed by atoms with Gasteiger partial charge in [-0.15, -0.1) is 0 Å². The van der Waals surface area contributed by atoms with Gasteiger partial charge >= 0.3 is 0 Å². The molecule has 6 heteroatoms. The quantitative estimate of drug-likeness (QED) is 0.250. The molecule has 0 fully saturated rings. The number of aldehydes is 1. The number of aliphatic hydroxyl groups is 1. The summed E-state index contributed by atoms with van der Waals surface area (Å²) in [5, 5.41) is 10.6. The van der Waals surface area contributed by atoms with Crippen LogP contribution in [0.5, 0.6) is 5.75 Å². The summed E-state index contributed by atoms with van der Waals surface area (Å²) in [7, 11) is 1.62. The zero-order valence-corrected chi connectivity index (χ0v) is 17.4. The van der Waals surface area contributed by atoms with Gasteiger partial charge < -0.3 is 24.1 Å². The summed E-state index contributed by atoms with van der Waals surface area (Å²) >= 11 is 0. The molecule has 0 aliphatic carbocycles. The standard InChI is InChI=1S/C24H28O6/c1-24(26,14-6-15-25)23(30-19-29-18-20-7-4-3-5-8-20)13-16-28-17-21-9-11-22(27-2)12-10-21/h3-5,7-12,15,23,26H,13,16-19H2,1-2H3/t23-,24-/m1/s1. The summed E-state index contributed by atoms with van der Waals surface area (Å²) in [4.78, 5) is 10.6. The SMILES string of the molecule is COc1ccc(COCC[C@@H](OCOCc2ccccc2)[C@](C)(O)C#CC=O)cc1. The molecule has 0 spiro atoms. The summed E-state index contributed by atoms with van der Waals surface area (Å²) in [6.45, 7) is 2.65. The van der Waals surface area contributed by atoms with Crippen LogP contribution in [0.4, 0.5) is 0 Å². The van der Waals surface area contributed by atoms with E-state index in [1.807, 2.05) is 54.6 Å². The van der Waals surface area contributed by atoms with E-state index in [2.05, 4.69) is 11.8 Å². The fourth-order valence-electron chi connectivity index (χ4n) is 2.75. The Hall–Kier alpha value is -2.69. The zero-order valence-electron chi connectivity index (χ0n) is 17.4. The number of benzene rings is 2. The van der Waals surface area contributed by atoms with Crippen LogP contribution in [0.15, 0.2) is 54.6 Å². The van der Waals surface area contributed by atoms with E-state index in [1.165, 1.54) is 6.92 Å². The molecule has 0 aliphatic heterocycles. The lowest BCUT2D eigenvalue weighted by Crippen LogP contribution is -2.41. The molecule has 30 heavy (non-hydrogen) atoms. The van der Waals surface area contributed by atoms with E-state index in [-0.39, 0.29) is 6.79 Å². The highest BCUT2D eigenvalue weighted by Gasteiger charge is 2.31. The van der Waals surface area contributed by atoms with Crippen LogP contribution < -0.4 is 4.74 Å². The lowest BCUT2D eigenvalue weighted by Gasteiger charge is -2.28. The third kappa shape index (κ3) is 8.36. The molecule has 0 unspecified atom stereocenters. The minimum atomic E-state index is -1.51. The third-order valence-electron chi connectivity index (χ3n) is 4.43. The first-order valence-corrected chi connectivity index (χ1v) is 9.68. The normalized spacial score (nSPS) is 13.6. The maximum Gasteiger partial charge on any atom is 0.192 e. The molecule has 1 N–H and O–H groups in total. The fraction of sp³-hybridized carbons (Fsp3) is 0.375. The number of carbonyl (C=O) groups is 1. The fourth-order valence-corrected chi connectivity index (χ4v) is 2.75. The van der Waals surface area contributed by atoms with Crippen molar-refractivity contribution in [1.29, 1.82) is 0 Å². The molecule has 2 rings (SSSR count). The molecular formula is C24H28O6. The molecule has 0 saturated carbocycles. The number of carbonyl (C=O) groups excluding carboxylic acids is 1. The van der Waals surface area contributed by atoms with Crippen LogP contribution in [0.1, 0.15) is 24.5 Å². The molecule has 0 heterocycles. The van der Waals surface area contributed by atoms with Gasteiger partial charge in [0.15, 0.2) is 6.29 Å². The van der Waals surface area contributed by atoms with Crippen molar-refractivity contribution >= 4 is 6.29 Å². The largest absolute Gasteiger partial charge is 0.497 e. The van der Waals surface area contributed by atoms with Crippen LogP contribution in [0.2, 0.25) is 0 Å². The number of rotatable bonds is 12. The molecule has 0 aromatic heterocycles. The molecule has 0 radical (unpaired) electrons. The van der Waals surface area contributed by atoms with Crippen molar-refractivity contribution in [2.75, 3.05) is 20.5 Å². The van der Waals surface area contributed by atoms with Gasteiger partial charge in [-0.1, -0.05) is 48.4 Å². The smallest absolute Gasteiger partial charge is 0.192 e. The second-order valence-corrected chi connectivity index (χ2v) is 6.83. The first-order chi connectivity index (χ1) is 14.5. The molecule has 2 aromatic carbocycles. The topological polar surface area (TPSA) is 74.2 Å². The van der Waals surface area contributed by atoms with Gasteiger partial charge in [0.1, 0.15) is 24.2 Å². The maximum absolute atomic E-state index is 10.6. The lowest BCUT2D eigenvalue weighted by atomic mass is 9.97. The summed E-state index contributed by atoms with van der Waals surface area (Å²) < 4.78 is 22.1. The Labute approximate surface area is 177 Å². The van der Waals surface area contributed by atoms with Gasteiger partial charge in [-0.05, 0) is 36.1 Å². The third-order valence-corrected chi connectivity index (χ3v) is 4.43. The van der Waals surface area contributed by atoms with Crippen molar-refractivity contribution in [2.24, 2.45) is 0 Å². The Morgan fingerprint density at radius 1 is 1.03 bits per heavy atom. The molecule has 0 saturated heterocycles. The Bertz CT molecular complexity index is 805. The Kier molecular flexibility index (Phi) is 10.1. The van der Waals surface area contributed by atoms with Crippen LogP contribution in [0.25, 0.3) is 0 Å². The van der Waals surface area contributed by atoms with E-state index < -0.39 is 11.7 Å². The molecular weight excluding hydrogens is 384 g/mol. The number of hydrogen-bond acceptors (Lipinski definition) is 6. The average molecular weight is 412 g/mol. The molecule has 6 nitrogen and oxygen atoms in total. The van der Waals surface area contributed by atoms with E-state index in [1.54, 1.807) is 7.11 Å². The van der Waals surface area contributed by atoms with Crippen molar-refractivity contribution in [2.45, 2.75) is 38.3 Å². The molecule has 2 atom stereocenters. The molecule has 0 amide bonds. The van der Waals surface area contributed by atoms with Crippen molar-refractivity contribution in [3.05, 3.63) is 65.7 Å². The predicted molar refractivity (Wildman–Crippen MR) is 113 cm³/mol. The van der Waals surface area contributed by atoms with Gasteiger partial charge in [0.2, 0.25) is 0 Å². The van der Waals surface area contributed by atoms with Gasteiger partial charge in [-0.25, -0.2) is 0 Å². The Morgan fingerprint density at radius 2 is 1.70 bits per heavy atom. The van der Waals surface area contributed by atoms with Gasteiger partial charge in [-0.2, -0.15) is 0 Å². The van der Waals surface area contributed by atoms with E-state index in [9.17, 15) is 9.90 Å². The van der Waals surface area contributed by atoms with Crippen molar-refractivity contribution in [1.82, 2.24) is 0 Å². The van der Waals surface area contributed by atoms with Crippen LogP contribution in [-0.2, 0) is 32.2 Å². The zero-order chi connectivity index (χ0) is 21.7. The highest BCUT2D eigenvalue weighted by molar-refractivity contribution is 5.73. The number of hydrogen-bond donors (Lipinski definition) is 1. The van der Waals surface area contributed by atoms with E-state index in [0.29, 0.717) is 32.5 Å². The second kappa shape index (κ2) is 12.8. The molecule has 160 valence electrons. The minimum Gasteiger partial charge on any atom is -0.497 e. The van der Waals surface area contributed by atoms with Crippen LogP contribution in [-0.4, -0.2) is 43.6 Å². The predicted octanol–water partition coefficient (Wildman–Crippen LogP) is 3.11. The first kappa shape index (κ1) is 23.6. The highest BCUT2D eigenvalue weighted by atomic mass is 16.7. The van der Waals surface area contributed by atoms with E-state index >= 15 is 0 Å². The van der Waals surface area contributed by atoms with Crippen molar-refractivity contribution < 1.29 is 28.8 Å². The van der Waals surface area contributed by atoms with Crippen molar-refractivity contribution in [3.8, 4) is 17.6 Å². The summed E-state index contributed by atoms with van der Waals surface area (Å²) in [5.74, 6) is 5.57. The van der Waals surface area contributed by atoms with Gasteiger partial charge in [0, 0.05) is 13.0 Å².